The summed E-state index contributed by atoms with van der Waals surface area (Å²) in [6, 6.07) is 14.4. The largest absolute Gasteiger partial charge is 0.342 e. The molecule has 0 radical (unpaired) electrons. The van der Waals surface area contributed by atoms with E-state index in [1.807, 2.05) is 48.5 Å². The lowest BCUT2D eigenvalue weighted by molar-refractivity contribution is -0.145. The van der Waals surface area contributed by atoms with Gasteiger partial charge in [0, 0.05) is 30.1 Å². The minimum atomic E-state index is -0.560. The van der Waals surface area contributed by atoms with Gasteiger partial charge >= 0.3 is 6.03 Å². The Morgan fingerprint density at radius 1 is 1.09 bits per heavy atom. The number of urea groups is 1. The molecule has 2 fully saturated rings. The number of nitrogens with one attached hydrogen (secondary N) is 4. The Labute approximate surface area is 203 Å². The van der Waals surface area contributed by atoms with Gasteiger partial charge in [-0.3, -0.25) is 14.7 Å². The Morgan fingerprint density at radius 2 is 1.91 bits per heavy atom. The molecule has 1 aliphatic heterocycles. The van der Waals surface area contributed by atoms with Crippen molar-refractivity contribution in [3.05, 3.63) is 60.3 Å². The molecule has 9 heteroatoms. The van der Waals surface area contributed by atoms with Crippen LogP contribution < -0.4 is 16.0 Å². The number of hydrogen-bond donors (Lipinski definition) is 4. The number of anilines is 1. The fraction of sp³-hybridized carbons (Fsp3) is 0.385. The summed E-state index contributed by atoms with van der Waals surface area (Å²) in [4.78, 5) is 40.1. The molecule has 1 saturated carbocycles. The van der Waals surface area contributed by atoms with Gasteiger partial charge in [-0.1, -0.05) is 43.2 Å². The molecule has 182 valence electrons. The highest BCUT2D eigenvalue weighted by molar-refractivity contribution is 5.95. The standard InChI is InChI=1S/C26H30N6O3/c33-24-16-32(25(34)23(29-24)12-17-6-2-1-3-7-17)15-18-8-4-5-9-21(18)30-26(35)28-20-10-11-22-19(13-20)14-27-31-22/h1-3,6-7,10-11,13-14,18,21,23H,4-5,8-9,12,15-16H2,(H,27,31)(H,29,33)(H2,28,30,35)/t18-,21+,23?/m0/s1. The molecule has 0 spiro atoms. The van der Waals surface area contributed by atoms with E-state index in [1.165, 1.54) is 0 Å². The van der Waals surface area contributed by atoms with Crippen molar-refractivity contribution in [3.8, 4) is 0 Å². The summed E-state index contributed by atoms with van der Waals surface area (Å²) in [6.45, 7) is 0.522. The van der Waals surface area contributed by atoms with Crippen molar-refractivity contribution in [2.24, 2.45) is 5.92 Å². The van der Waals surface area contributed by atoms with Crippen molar-refractivity contribution >= 4 is 34.4 Å². The molecule has 4 amide bonds. The van der Waals surface area contributed by atoms with Gasteiger partial charge in [0.15, 0.2) is 0 Å². The Kier molecular flexibility index (Phi) is 6.65. The highest BCUT2D eigenvalue weighted by atomic mass is 16.2. The number of aromatic nitrogens is 2. The van der Waals surface area contributed by atoms with E-state index < -0.39 is 6.04 Å². The average molecular weight is 475 g/mol. The number of fused-ring (bicyclic) bond motifs is 1. The maximum Gasteiger partial charge on any atom is 0.319 e. The van der Waals surface area contributed by atoms with Crippen molar-refractivity contribution in [2.45, 2.75) is 44.2 Å². The van der Waals surface area contributed by atoms with Gasteiger partial charge in [-0.05, 0) is 42.5 Å². The fourth-order valence-corrected chi connectivity index (χ4v) is 5.17. The second kappa shape index (κ2) is 10.2. The third kappa shape index (κ3) is 5.45. The van der Waals surface area contributed by atoms with Crippen LogP contribution in [0.25, 0.3) is 10.9 Å². The molecule has 2 heterocycles. The second-order valence-electron chi connectivity index (χ2n) is 9.45. The highest BCUT2D eigenvalue weighted by Gasteiger charge is 2.36. The number of piperazine rings is 1. The minimum Gasteiger partial charge on any atom is -0.342 e. The maximum atomic E-state index is 13.2. The van der Waals surface area contributed by atoms with Crippen LogP contribution in [0.3, 0.4) is 0 Å². The third-order valence-corrected chi connectivity index (χ3v) is 6.94. The zero-order valence-electron chi connectivity index (χ0n) is 19.5. The Hall–Kier alpha value is -3.88. The first-order valence-electron chi connectivity index (χ1n) is 12.2. The zero-order chi connectivity index (χ0) is 24.2. The van der Waals surface area contributed by atoms with E-state index in [-0.39, 0.29) is 36.3 Å². The first kappa shape index (κ1) is 22.9. The van der Waals surface area contributed by atoms with Gasteiger partial charge in [-0.15, -0.1) is 0 Å². The van der Waals surface area contributed by atoms with E-state index >= 15 is 0 Å². The molecular formula is C26H30N6O3. The van der Waals surface area contributed by atoms with Crippen molar-refractivity contribution < 1.29 is 14.4 Å². The van der Waals surface area contributed by atoms with Gasteiger partial charge in [0.2, 0.25) is 11.8 Å². The predicted molar refractivity (Wildman–Crippen MR) is 133 cm³/mol. The van der Waals surface area contributed by atoms with E-state index in [0.717, 1.165) is 42.1 Å². The van der Waals surface area contributed by atoms with E-state index in [0.29, 0.717) is 18.7 Å². The summed E-state index contributed by atoms with van der Waals surface area (Å²) >= 11 is 0. The van der Waals surface area contributed by atoms with Crippen LogP contribution in [-0.2, 0) is 16.0 Å². The molecule has 3 atom stereocenters. The van der Waals surface area contributed by atoms with Crippen LogP contribution in [0.4, 0.5) is 10.5 Å². The number of rotatable bonds is 6. The molecule has 1 unspecified atom stereocenters. The summed E-state index contributed by atoms with van der Waals surface area (Å²) in [5.41, 5.74) is 2.61. The Morgan fingerprint density at radius 3 is 2.77 bits per heavy atom. The van der Waals surface area contributed by atoms with E-state index in [9.17, 15) is 14.4 Å². The number of hydrogen-bond acceptors (Lipinski definition) is 4. The molecule has 2 aliphatic rings. The second-order valence-corrected chi connectivity index (χ2v) is 9.45. The van der Waals surface area contributed by atoms with Crippen molar-refractivity contribution in [1.82, 2.24) is 25.7 Å². The molecule has 2 aromatic carbocycles. The predicted octanol–water partition coefficient (Wildman–Crippen LogP) is 2.81. The molecule has 5 rings (SSSR count). The molecule has 4 N–H and O–H groups in total. The first-order valence-corrected chi connectivity index (χ1v) is 12.2. The lowest BCUT2D eigenvalue weighted by Crippen LogP contribution is -2.60. The summed E-state index contributed by atoms with van der Waals surface area (Å²) in [6.07, 6.45) is 6.00. The van der Waals surface area contributed by atoms with Crippen LogP contribution in [0.5, 0.6) is 0 Å². The number of amides is 4. The summed E-state index contributed by atoms with van der Waals surface area (Å²) in [5.74, 6) is -0.105. The van der Waals surface area contributed by atoms with Crippen LogP contribution in [0, 0.1) is 5.92 Å². The normalized spacial score (nSPS) is 22.6. The molecule has 35 heavy (non-hydrogen) atoms. The molecule has 9 nitrogen and oxygen atoms in total. The first-order chi connectivity index (χ1) is 17.0. The molecule has 1 aromatic heterocycles. The van der Waals surface area contributed by atoms with Gasteiger partial charge in [-0.2, -0.15) is 5.10 Å². The number of nitrogens with zero attached hydrogens (tertiary/aromatic N) is 2. The van der Waals surface area contributed by atoms with Crippen LogP contribution in [0.1, 0.15) is 31.2 Å². The maximum absolute atomic E-state index is 13.2. The van der Waals surface area contributed by atoms with E-state index in [2.05, 4.69) is 26.1 Å². The van der Waals surface area contributed by atoms with Gasteiger partial charge < -0.3 is 20.9 Å². The van der Waals surface area contributed by atoms with Crippen LogP contribution in [0.2, 0.25) is 0 Å². The van der Waals surface area contributed by atoms with Crippen LogP contribution in [-0.4, -0.2) is 58.1 Å². The Balaban J connectivity index is 1.21. The number of aromatic amines is 1. The van der Waals surface area contributed by atoms with Gasteiger partial charge in [0.25, 0.3) is 0 Å². The lowest BCUT2D eigenvalue weighted by Gasteiger charge is -2.39. The van der Waals surface area contributed by atoms with Crippen molar-refractivity contribution in [2.75, 3.05) is 18.4 Å². The SMILES string of the molecule is O=C1CN(C[C@@H]2CCCC[C@H]2NC(=O)Nc2ccc3[nH]ncc3c2)C(=O)C(Cc2ccccc2)N1. The zero-order valence-corrected chi connectivity index (χ0v) is 19.5. The van der Waals surface area contributed by atoms with Crippen molar-refractivity contribution in [1.29, 1.82) is 0 Å². The number of benzene rings is 2. The van der Waals surface area contributed by atoms with E-state index in [1.54, 1.807) is 11.1 Å². The fourth-order valence-electron chi connectivity index (χ4n) is 5.17. The third-order valence-electron chi connectivity index (χ3n) is 6.94. The number of carbonyl (C=O) groups excluding carboxylic acids is 3. The van der Waals surface area contributed by atoms with Crippen LogP contribution >= 0.6 is 0 Å². The number of carbonyl (C=O) groups is 3. The van der Waals surface area contributed by atoms with E-state index in [4.69, 9.17) is 0 Å². The molecular weight excluding hydrogens is 444 g/mol. The lowest BCUT2D eigenvalue weighted by atomic mass is 9.83. The topological polar surface area (TPSA) is 119 Å². The molecule has 3 aromatic rings. The highest BCUT2D eigenvalue weighted by Crippen LogP contribution is 2.26. The Bertz CT molecular complexity index is 1210. The summed E-state index contributed by atoms with van der Waals surface area (Å²) < 4.78 is 0. The van der Waals surface area contributed by atoms with Crippen molar-refractivity contribution in [3.63, 3.8) is 0 Å². The summed E-state index contributed by atoms with van der Waals surface area (Å²) in [5, 5.41) is 16.7. The summed E-state index contributed by atoms with van der Waals surface area (Å²) in [7, 11) is 0. The molecule has 1 saturated heterocycles. The molecule has 0 bridgehead atoms. The number of H-pyrrole nitrogens is 1. The monoisotopic (exact) mass is 474 g/mol. The minimum absolute atomic E-state index is 0.0596. The average Bonchev–Trinajstić information content (AvgIpc) is 3.32. The molecule has 1 aliphatic carbocycles. The van der Waals surface area contributed by atoms with Gasteiger partial charge in [0.1, 0.15) is 6.04 Å². The smallest absolute Gasteiger partial charge is 0.319 e. The van der Waals surface area contributed by atoms with Crippen LogP contribution in [0.15, 0.2) is 54.7 Å². The van der Waals surface area contributed by atoms with Gasteiger partial charge in [0.05, 0.1) is 18.3 Å². The van der Waals surface area contributed by atoms with Gasteiger partial charge in [-0.25, -0.2) is 4.79 Å². The quantitative estimate of drug-likeness (QED) is 0.439.